The maximum Gasteiger partial charge on any atom is 0.266 e. The molecule has 0 fully saturated rings. The van der Waals surface area contributed by atoms with E-state index in [2.05, 4.69) is 42.5 Å². The van der Waals surface area contributed by atoms with Gasteiger partial charge in [0, 0.05) is 10.7 Å². The summed E-state index contributed by atoms with van der Waals surface area (Å²) in [4.78, 5) is 12.2. The fourth-order valence-corrected chi connectivity index (χ4v) is 3.69. The third-order valence-corrected chi connectivity index (χ3v) is 5.02. The van der Waals surface area contributed by atoms with Crippen molar-refractivity contribution in [3.8, 4) is 11.5 Å². The molecule has 26 heavy (non-hydrogen) atoms. The highest BCUT2D eigenvalue weighted by Gasteiger charge is 2.18. The van der Waals surface area contributed by atoms with Gasteiger partial charge >= 0.3 is 0 Å². The molecule has 0 aliphatic rings. The normalized spacial score (nSPS) is 11.6. The molecule has 0 saturated carbocycles. The summed E-state index contributed by atoms with van der Waals surface area (Å²) in [6, 6.07) is 7.95. The summed E-state index contributed by atoms with van der Waals surface area (Å²) in [6.45, 7) is 1.57. The van der Waals surface area contributed by atoms with Crippen molar-refractivity contribution in [2.45, 2.75) is 13.0 Å². The lowest BCUT2D eigenvalue weighted by molar-refractivity contribution is -0.125. The Labute approximate surface area is 182 Å². The Hall–Kier alpha value is -1.06. The number of anilines is 1. The minimum atomic E-state index is -0.841. The number of nitrogens with one attached hydrogen (secondary N) is 2. The fraction of sp³-hybridized carbons (Fsp3) is 0.125. The Morgan fingerprint density at radius 1 is 1.23 bits per heavy atom. The number of hydrogen-bond donors (Lipinski definition) is 3. The first-order chi connectivity index (χ1) is 12.2. The molecule has 5 nitrogen and oxygen atoms in total. The van der Waals surface area contributed by atoms with Crippen LogP contribution in [0.25, 0.3) is 0 Å². The lowest BCUT2D eigenvalue weighted by atomic mass is 10.3. The second-order valence-electron chi connectivity index (χ2n) is 5.07. The Morgan fingerprint density at radius 2 is 1.85 bits per heavy atom. The van der Waals surface area contributed by atoms with Crippen molar-refractivity contribution < 1.29 is 14.6 Å². The molecule has 2 aromatic rings. The van der Waals surface area contributed by atoms with Crippen molar-refractivity contribution >= 4 is 84.0 Å². The van der Waals surface area contributed by atoms with E-state index in [0.717, 1.165) is 0 Å². The number of thiocarbonyl (C=S) groups is 1. The molecule has 1 amide bonds. The molecule has 10 heteroatoms. The van der Waals surface area contributed by atoms with Crippen LogP contribution in [0.5, 0.6) is 11.5 Å². The van der Waals surface area contributed by atoms with Crippen LogP contribution in [0, 0.1) is 0 Å². The van der Waals surface area contributed by atoms with E-state index in [1.807, 2.05) is 0 Å². The standard InChI is InChI=1S/C16H12Br2Cl2N2O3S/c1-7(25-13-3-2-8(19)4-12(13)20)15(24)22-16(26)21-9-5-10(17)14(23)11(18)6-9/h2-7,23H,1H3,(H2,21,22,24,26). The van der Waals surface area contributed by atoms with Gasteiger partial charge in [0.15, 0.2) is 11.2 Å². The number of benzene rings is 2. The molecule has 0 aliphatic heterocycles. The van der Waals surface area contributed by atoms with Gasteiger partial charge in [-0.3, -0.25) is 10.1 Å². The average Bonchev–Trinajstić information content (AvgIpc) is 2.54. The highest BCUT2D eigenvalue weighted by atomic mass is 79.9. The van der Waals surface area contributed by atoms with Crippen LogP contribution in [-0.4, -0.2) is 22.2 Å². The number of amides is 1. The van der Waals surface area contributed by atoms with Crippen LogP contribution in [0.15, 0.2) is 39.3 Å². The van der Waals surface area contributed by atoms with Crippen LogP contribution >= 0.6 is 67.3 Å². The number of phenolic OH excluding ortho intramolecular Hbond substituents is 1. The van der Waals surface area contributed by atoms with Crippen LogP contribution in [0.3, 0.4) is 0 Å². The smallest absolute Gasteiger partial charge is 0.266 e. The molecule has 3 N–H and O–H groups in total. The molecule has 2 rings (SSSR count). The van der Waals surface area contributed by atoms with E-state index < -0.39 is 12.0 Å². The van der Waals surface area contributed by atoms with Gasteiger partial charge in [0.05, 0.1) is 14.0 Å². The largest absolute Gasteiger partial charge is 0.506 e. The van der Waals surface area contributed by atoms with Crippen LogP contribution in [0.4, 0.5) is 5.69 Å². The molecule has 0 radical (unpaired) electrons. The Kier molecular flexibility index (Phi) is 7.54. The molecule has 2 aromatic carbocycles. The number of carbonyl (C=O) groups excluding carboxylic acids is 1. The van der Waals surface area contributed by atoms with Gasteiger partial charge in [0.2, 0.25) is 0 Å². The molecule has 1 unspecified atom stereocenters. The summed E-state index contributed by atoms with van der Waals surface area (Å²) in [5.74, 6) is -0.0539. The van der Waals surface area contributed by atoms with Gasteiger partial charge in [0.1, 0.15) is 11.5 Å². The SMILES string of the molecule is CC(Oc1ccc(Cl)cc1Cl)C(=O)NC(=S)Nc1cc(Br)c(O)c(Br)c1. The number of hydrogen-bond acceptors (Lipinski definition) is 4. The van der Waals surface area contributed by atoms with E-state index in [1.165, 1.54) is 6.07 Å². The molecule has 1 atom stereocenters. The highest BCUT2D eigenvalue weighted by molar-refractivity contribution is 9.11. The van der Waals surface area contributed by atoms with Crippen molar-refractivity contribution in [1.29, 1.82) is 0 Å². The van der Waals surface area contributed by atoms with Crippen LogP contribution in [0.1, 0.15) is 6.92 Å². The lowest BCUT2D eigenvalue weighted by Crippen LogP contribution is -2.42. The van der Waals surface area contributed by atoms with Crippen LogP contribution < -0.4 is 15.4 Å². The van der Waals surface area contributed by atoms with Gasteiger partial charge in [-0.15, -0.1) is 0 Å². The number of ether oxygens (including phenoxy) is 1. The molecule has 0 aliphatic carbocycles. The molecule has 138 valence electrons. The Balaban J connectivity index is 1.96. The second kappa shape index (κ2) is 9.23. The molecule has 0 spiro atoms. The first-order valence-electron chi connectivity index (χ1n) is 7.09. The Bertz CT molecular complexity index is 844. The molecule has 0 bridgehead atoms. The number of carbonyl (C=O) groups is 1. The van der Waals surface area contributed by atoms with E-state index >= 15 is 0 Å². The minimum absolute atomic E-state index is 0.0624. The van der Waals surface area contributed by atoms with Gasteiger partial charge in [-0.1, -0.05) is 23.2 Å². The van der Waals surface area contributed by atoms with Crippen molar-refractivity contribution in [1.82, 2.24) is 5.32 Å². The van der Waals surface area contributed by atoms with Crippen molar-refractivity contribution in [2.24, 2.45) is 0 Å². The maximum absolute atomic E-state index is 12.2. The van der Waals surface area contributed by atoms with Gasteiger partial charge in [-0.2, -0.15) is 0 Å². The van der Waals surface area contributed by atoms with E-state index in [4.69, 9.17) is 40.2 Å². The lowest BCUT2D eigenvalue weighted by Gasteiger charge is -2.17. The zero-order chi connectivity index (χ0) is 19.4. The molecular formula is C16H12Br2Cl2N2O3S. The zero-order valence-electron chi connectivity index (χ0n) is 13.1. The van der Waals surface area contributed by atoms with E-state index in [9.17, 15) is 9.90 Å². The number of aromatic hydroxyl groups is 1. The zero-order valence-corrected chi connectivity index (χ0v) is 18.6. The van der Waals surface area contributed by atoms with Gasteiger partial charge in [-0.05, 0) is 81.3 Å². The summed E-state index contributed by atoms with van der Waals surface area (Å²) >= 11 is 23.4. The first-order valence-corrected chi connectivity index (χ1v) is 9.84. The Morgan fingerprint density at radius 3 is 2.42 bits per heavy atom. The fourth-order valence-electron chi connectivity index (χ4n) is 1.83. The predicted octanol–water partition coefficient (Wildman–Crippen LogP) is 5.50. The third-order valence-electron chi connectivity index (χ3n) is 3.08. The van der Waals surface area contributed by atoms with Crippen molar-refractivity contribution in [3.05, 3.63) is 49.3 Å². The average molecular weight is 543 g/mol. The summed E-state index contributed by atoms with van der Waals surface area (Å²) in [6.07, 6.45) is -0.841. The molecule has 0 aromatic heterocycles. The molecule has 0 saturated heterocycles. The quantitative estimate of drug-likeness (QED) is 0.351. The first kappa shape index (κ1) is 21.2. The predicted molar refractivity (Wildman–Crippen MR) is 114 cm³/mol. The third kappa shape index (κ3) is 5.72. The topological polar surface area (TPSA) is 70.6 Å². The minimum Gasteiger partial charge on any atom is -0.506 e. The van der Waals surface area contributed by atoms with Crippen molar-refractivity contribution in [3.63, 3.8) is 0 Å². The van der Waals surface area contributed by atoms with E-state index in [-0.39, 0.29) is 10.9 Å². The number of phenols is 1. The molecule has 0 heterocycles. The maximum atomic E-state index is 12.2. The second-order valence-corrected chi connectivity index (χ2v) is 8.03. The van der Waals surface area contributed by atoms with Crippen LogP contribution in [-0.2, 0) is 4.79 Å². The van der Waals surface area contributed by atoms with Crippen molar-refractivity contribution in [2.75, 3.05) is 5.32 Å². The highest BCUT2D eigenvalue weighted by Crippen LogP contribution is 2.35. The monoisotopic (exact) mass is 540 g/mol. The summed E-state index contributed by atoms with van der Waals surface area (Å²) in [5, 5.41) is 15.9. The van der Waals surface area contributed by atoms with Gasteiger partial charge < -0.3 is 15.2 Å². The summed E-state index contributed by atoms with van der Waals surface area (Å²) in [7, 11) is 0. The van der Waals surface area contributed by atoms with Gasteiger partial charge in [-0.25, -0.2) is 0 Å². The summed E-state index contributed by atoms with van der Waals surface area (Å²) in [5.41, 5.74) is 0.571. The molecular weight excluding hydrogens is 531 g/mol. The number of rotatable bonds is 4. The number of halogens is 4. The van der Waals surface area contributed by atoms with Crippen LogP contribution in [0.2, 0.25) is 10.0 Å². The van der Waals surface area contributed by atoms with Gasteiger partial charge in [0.25, 0.3) is 5.91 Å². The van der Waals surface area contributed by atoms with E-state index in [1.54, 1.807) is 31.2 Å². The summed E-state index contributed by atoms with van der Waals surface area (Å²) < 4.78 is 6.47. The van der Waals surface area contributed by atoms with E-state index in [0.29, 0.717) is 30.4 Å².